The van der Waals surface area contributed by atoms with E-state index in [2.05, 4.69) is 12.6 Å². The second kappa shape index (κ2) is 8.03. The number of nitrogens with zero attached hydrogens (tertiary/aromatic N) is 1. The fraction of sp³-hybridized carbons (Fsp3) is 0.0435. The number of carboxylic acid groups (broad SMARTS) is 1. The first-order chi connectivity index (χ1) is 13.1. The Bertz CT molecular complexity index is 1010. The fourth-order valence-electron chi connectivity index (χ4n) is 2.77. The molecule has 0 unspecified atom stereocenters. The third-order valence-corrected chi connectivity index (χ3v) is 4.13. The number of benzene rings is 3. The first-order valence-corrected chi connectivity index (χ1v) is 8.34. The molecule has 0 radical (unpaired) electrons. The Morgan fingerprint density at radius 3 is 2.15 bits per heavy atom. The molecule has 27 heavy (non-hydrogen) atoms. The number of carboxylic acids is 1. The van der Waals surface area contributed by atoms with E-state index in [1.807, 2.05) is 36.4 Å². The molecule has 1 N–H and O–H groups in total. The van der Waals surface area contributed by atoms with Crippen LogP contribution in [0.15, 0.2) is 79.4 Å². The number of aromatic carboxylic acids is 1. The lowest BCUT2D eigenvalue weighted by molar-refractivity contribution is 0.0697. The molecule has 0 aliphatic heterocycles. The van der Waals surface area contributed by atoms with Crippen molar-refractivity contribution in [1.82, 2.24) is 0 Å². The topological polar surface area (TPSA) is 70.3 Å². The van der Waals surface area contributed by atoms with Gasteiger partial charge in [0.1, 0.15) is 12.4 Å². The largest absolute Gasteiger partial charge is 0.490 e. The van der Waals surface area contributed by atoms with Gasteiger partial charge in [0.25, 0.3) is 0 Å². The number of carbonyl (C=O) groups is 1. The van der Waals surface area contributed by atoms with Gasteiger partial charge in [0.2, 0.25) is 0 Å². The summed E-state index contributed by atoms with van der Waals surface area (Å²) in [6.45, 7) is 3.97. The van der Waals surface area contributed by atoms with Crippen molar-refractivity contribution >= 4 is 5.97 Å². The first kappa shape index (κ1) is 18.0. The zero-order valence-electron chi connectivity index (χ0n) is 14.6. The molecule has 0 aromatic heterocycles. The number of rotatable bonds is 6. The van der Waals surface area contributed by atoms with E-state index < -0.39 is 5.97 Å². The summed E-state index contributed by atoms with van der Waals surface area (Å²) in [5.74, 6) is -0.400. The molecule has 4 heteroatoms. The Morgan fingerprint density at radius 2 is 1.59 bits per heavy atom. The molecular formula is C23H17NO3. The smallest absolute Gasteiger partial charge is 0.336 e. The van der Waals surface area contributed by atoms with Gasteiger partial charge in [-0.25, -0.2) is 4.79 Å². The van der Waals surface area contributed by atoms with Gasteiger partial charge in [-0.15, -0.1) is 0 Å². The minimum atomic E-state index is -0.989. The lowest BCUT2D eigenvalue weighted by Gasteiger charge is -2.11. The van der Waals surface area contributed by atoms with E-state index in [1.165, 1.54) is 0 Å². The van der Waals surface area contributed by atoms with Gasteiger partial charge in [-0.05, 0) is 52.6 Å². The molecule has 132 valence electrons. The summed E-state index contributed by atoms with van der Waals surface area (Å²) in [6, 6.07) is 22.0. The van der Waals surface area contributed by atoms with Crippen molar-refractivity contribution in [3.05, 3.63) is 90.5 Å². The summed E-state index contributed by atoms with van der Waals surface area (Å²) in [5, 5.41) is 18.4. The second-order valence-electron chi connectivity index (χ2n) is 5.88. The summed E-state index contributed by atoms with van der Waals surface area (Å²) in [4.78, 5) is 11.6. The highest BCUT2D eigenvalue weighted by Crippen LogP contribution is 2.30. The number of ether oxygens (including phenoxy) is 1. The number of hydrogen-bond donors (Lipinski definition) is 1. The lowest BCUT2D eigenvalue weighted by Crippen LogP contribution is -2.01. The summed E-state index contributed by atoms with van der Waals surface area (Å²) >= 11 is 0. The van der Waals surface area contributed by atoms with Gasteiger partial charge >= 0.3 is 5.97 Å². The molecular weight excluding hydrogens is 338 g/mol. The van der Waals surface area contributed by atoms with Crippen molar-refractivity contribution in [2.45, 2.75) is 0 Å². The molecule has 0 aliphatic rings. The van der Waals surface area contributed by atoms with Crippen LogP contribution < -0.4 is 4.74 Å². The van der Waals surface area contributed by atoms with Gasteiger partial charge in [-0.2, -0.15) is 5.26 Å². The first-order valence-electron chi connectivity index (χ1n) is 8.34. The van der Waals surface area contributed by atoms with E-state index >= 15 is 0 Å². The molecule has 0 spiro atoms. The van der Waals surface area contributed by atoms with Crippen molar-refractivity contribution in [2.75, 3.05) is 6.61 Å². The Kier molecular flexibility index (Phi) is 5.34. The molecule has 0 atom stereocenters. The molecule has 4 nitrogen and oxygen atoms in total. The maximum absolute atomic E-state index is 11.6. The van der Waals surface area contributed by atoms with Crippen LogP contribution in [0.25, 0.3) is 22.3 Å². The minimum absolute atomic E-state index is 0.215. The van der Waals surface area contributed by atoms with E-state index in [9.17, 15) is 9.90 Å². The average Bonchev–Trinajstić information content (AvgIpc) is 2.72. The van der Waals surface area contributed by atoms with Gasteiger partial charge in [0.15, 0.2) is 0 Å². The Morgan fingerprint density at radius 1 is 1.00 bits per heavy atom. The lowest BCUT2D eigenvalue weighted by atomic mass is 9.96. The molecule has 0 aliphatic carbocycles. The van der Waals surface area contributed by atoms with Gasteiger partial charge in [-0.3, -0.25) is 0 Å². The molecule has 0 saturated heterocycles. The number of hydrogen-bond acceptors (Lipinski definition) is 3. The van der Waals surface area contributed by atoms with Crippen LogP contribution in [-0.2, 0) is 0 Å². The maximum Gasteiger partial charge on any atom is 0.336 e. The van der Waals surface area contributed by atoms with Gasteiger partial charge < -0.3 is 9.84 Å². The SMILES string of the molecule is C=CCOc1ccc(C(=O)O)c(-c2ccc(-c3ccc(C#N)cc3)cc2)c1. The predicted molar refractivity (Wildman–Crippen MR) is 105 cm³/mol. The summed E-state index contributed by atoms with van der Waals surface area (Å²) < 4.78 is 5.53. The second-order valence-corrected chi connectivity index (χ2v) is 5.88. The van der Waals surface area contributed by atoms with E-state index in [0.29, 0.717) is 23.5 Å². The van der Waals surface area contributed by atoms with Gasteiger partial charge in [0, 0.05) is 0 Å². The normalized spacial score (nSPS) is 10.0. The summed E-state index contributed by atoms with van der Waals surface area (Å²) in [6.07, 6.45) is 1.64. The highest BCUT2D eigenvalue weighted by molar-refractivity contribution is 5.96. The zero-order valence-corrected chi connectivity index (χ0v) is 14.6. The third kappa shape index (κ3) is 4.05. The highest BCUT2D eigenvalue weighted by Gasteiger charge is 2.13. The molecule has 0 fully saturated rings. The van der Waals surface area contributed by atoms with Crippen molar-refractivity contribution in [1.29, 1.82) is 5.26 Å². The van der Waals surface area contributed by atoms with Crippen LogP contribution in [0.3, 0.4) is 0 Å². The van der Waals surface area contributed by atoms with Crippen LogP contribution in [0.4, 0.5) is 0 Å². The number of nitriles is 1. The molecule has 0 heterocycles. The van der Waals surface area contributed by atoms with Gasteiger partial charge in [0.05, 0.1) is 17.2 Å². The zero-order chi connectivity index (χ0) is 19.2. The highest BCUT2D eigenvalue weighted by atomic mass is 16.5. The Labute approximate surface area is 157 Å². The fourth-order valence-corrected chi connectivity index (χ4v) is 2.77. The molecule has 3 aromatic rings. The molecule has 3 rings (SSSR count). The quantitative estimate of drug-likeness (QED) is 0.620. The molecule has 0 saturated carbocycles. The van der Waals surface area contributed by atoms with Crippen LogP contribution in [0.1, 0.15) is 15.9 Å². The molecule has 3 aromatic carbocycles. The monoisotopic (exact) mass is 355 g/mol. The van der Waals surface area contributed by atoms with Crippen LogP contribution in [0.2, 0.25) is 0 Å². The van der Waals surface area contributed by atoms with Crippen molar-refractivity contribution in [2.24, 2.45) is 0 Å². The average molecular weight is 355 g/mol. The third-order valence-electron chi connectivity index (χ3n) is 4.13. The van der Waals surface area contributed by atoms with E-state index in [-0.39, 0.29) is 5.56 Å². The standard InChI is InChI=1S/C23H17NO3/c1-2-13-27-20-11-12-21(23(25)26)22(14-20)19-9-7-18(8-10-19)17-5-3-16(15-24)4-6-17/h2-12,14H,1,13H2,(H,25,26). The van der Waals surface area contributed by atoms with Crippen LogP contribution in [0.5, 0.6) is 5.75 Å². The van der Waals surface area contributed by atoms with E-state index in [0.717, 1.165) is 16.7 Å². The predicted octanol–water partition coefficient (Wildman–Crippen LogP) is 5.16. The summed E-state index contributed by atoms with van der Waals surface area (Å²) in [7, 11) is 0. The van der Waals surface area contributed by atoms with Crippen molar-refractivity contribution in [3.8, 4) is 34.1 Å². The van der Waals surface area contributed by atoms with Crippen molar-refractivity contribution in [3.63, 3.8) is 0 Å². The van der Waals surface area contributed by atoms with E-state index in [1.54, 1.807) is 36.4 Å². The Balaban J connectivity index is 1.96. The van der Waals surface area contributed by atoms with Crippen LogP contribution in [-0.4, -0.2) is 17.7 Å². The molecule has 0 bridgehead atoms. The molecule has 0 amide bonds. The minimum Gasteiger partial charge on any atom is -0.490 e. The summed E-state index contributed by atoms with van der Waals surface area (Å²) in [5.41, 5.74) is 4.18. The van der Waals surface area contributed by atoms with Crippen LogP contribution in [0, 0.1) is 11.3 Å². The van der Waals surface area contributed by atoms with E-state index in [4.69, 9.17) is 10.00 Å². The van der Waals surface area contributed by atoms with Crippen LogP contribution >= 0.6 is 0 Å². The van der Waals surface area contributed by atoms with Crippen molar-refractivity contribution < 1.29 is 14.6 Å². The maximum atomic E-state index is 11.6. The van der Waals surface area contributed by atoms with Gasteiger partial charge in [-0.1, -0.05) is 49.1 Å². The Hall–Kier alpha value is -3.84.